The Labute approximate surface area is 111 Å². The molecule has 0 atom stereocenters. The van der Waals surface area contributed by atoms with Gasteiger partial charge in [0.05, 0.1) is 0 Å². The van der Waals surface area contributed by atoms with Crippen LogP contribution in [0.5, 0.6) is 5.75 Å². The summed E-state index contributed by atoms with van der Waals surface area (Å²) in [7, 11) is 0. The molecule has 3 aromatic rings. The first-order valence-corrected chi connectivity index (χ1v) is 6.28. The predicted molar refractivity (Wildman–Crippen MR) is 72.6 cm³/mol. The van der Waals surface area contributed by atoms with Crippen LogP contribution in [-0.4, -0.2) is 16.2 Å². The van der Waals surface area contributed by atoms with Crippen LogP contribution in [0.2, 0.25) is 0 Å². The molecule has 3 rings (SSSR count). The molecule has 5 nitrogen and oxygen atoms in total. The van der Waals surface area contributed by atoms with Gasteiger partial charge in [0, 0.05) is 16.3 Å². The van der Waals surface area contributed by atoms with E-state index in [1.54, 1.807) is 23.6 Å². The van der Waals surface area contributed by atoms with Crippen molar-refractivity contribution in [2.75, 3.05) is 5.73 Å². The number of carbonyl (C=O) groups is 1. The highest BCUT2D eigenvalue weighted by atomic mass is 32.1. The summed E-state index contributed by atoms with van der Waals surface area (Å²) >= 11 is 1.14. The number of carboxylic acids is 1. The van der Waals surface area contributed by atoms with E-state index in [2.05, 4.69) is 0 Å². The zero-order valence-electron chi connectivity index (χ0n) is 9.58. The van der Waals surface area contributed by atoms with Crippen molar-refractivity contribution in [1.82, 2.24) is 0 Å². The van der Waals surface area contributed by atoms with Gasteiger partial charge in [-0.1, -0.05) is 12.1 Å². The lowest BCUT2D eigenvalue weighted by Crippen LogP contribution is -2.00. The Morgan fingerprint density at radius 1 is 1.37 bits per heavy atom. The second-order valence-corrected chi connectivity index (χ2v) is 4.91. The third-order valence-electron chi connectivity index (χ3n) is 2.82. The van der Waals surface area contributed by atoms with Crippen molar-refractivity contribution in [1.29, 1.82) is 0 Å². The average molecular weight is 275 g/mol. The fraction of sp³-hybridized carbons (Fsp3) is 0. The smallest absolute Gasteiger partial charge is 0.339 e. The lowest BCUT2D eigenvalue weighted by atomic mass is 10.1. The number of phenols is 1. The van der Waals surface area contributed by atoms with Crippen molar-refractivity contribution in [3.63, 3.8) is 0 Å². The van der Waals surface area contributed by atoms with Gasteiger partial charge in [-0.05, 0) is 12.1 Å². The Kier molecular flexibility index (Phi) is 2.46. The van der Waals surface area contributed by atoms with E-state index in [1.165, 1.54) is 6.07 Å². The highest BCUT2D eigenvalue weighted by Gasteiger charge is 2.20. The van der Waals surface area contributed by atoms with E-state index >= 15 is 0 Å². The predicted octanol–water partition coefficient (Wildman–Crippen LogP) is 3.15. The number of para-hydroxylation sites is 1. The molecule has 0 spiro atoms. The minimum Gasteiger partial charge on any atom is -0.504 e. The number of hydrogen-bond donors (Lipinski definition) is 3. The quantitative estimate of drug-likeness (QED) is 0.667. The van der Waals surface area contributed by atoms with E-state index in [-0.39, 0.29) is 16.3 Å². The van der Waals surface area contributed by atoms with Crippen LogP contribution in [0.25, 0.3) is 22.3 Å². The number of rotatable bonds is 2. The van der Waals surface area contributed by atoms with Gasteiger partial charge in [-0.3, -0.25) is 0 Å². The number of hydrogen-bond acceptors (Lipinski definition) is 5. The van der Waals surface area contributed by atoms with Gasteiger partial charge in [0.15, 0.2) is 11.3 Å². The average Bonchev–Trinajstić information content (AvgIpc) is 2.92. The van der Waals surface area contributed by atoms with Crippen LogP contribution in [0.1, 0.15) is 10.4 Å². The summed E-state index contributed by atoms with van der Waals surface area (Å²) in [5.74, 6) is -0.705. The first kappa shape index (κ1) is 11.6. The van der Waals surface area contributed by atoms with Crippen LogP contribution >= 0.6 is 11.3 Å². The molecule has 0 aliphatic carbocycles. The Morgan fingerprint density at radius 2 is 2.16 bits per heavy atom. The maximum Gasteiger partial charge on any atom is 0.339 e. The zero-order chi connectivity index (χ0) is 13.6. The summed E-state index contributed by atoms with van der Waals surface area (Å²) in [5.41, 5.74) is 6.44. The first-order valence-electron chi connectivity index (χ1n) is 5.40. The van der Waals surface area contributed by atoms with Gasteiger partial charge in [-0.25, -0.2) is 4.79 Å². The van der Waals surface area contributed by atoms with Crippen molar-refractivity contribution in [3.05, 3.63) is 35.2 Å². The molecule has 96 valence electrons. The number of furan rings is 1. The molecule has 0 amide bonds. The van der Waals surface area contributed by atoms with Crippen molar-refractivity contribution in [2.45, 2.75) is 0 Å². The molecule has 0 bridgehead atoms. The summed E-state index contributed by atoms with van der Waals surface area (Å²) in [4.78, 5) is 11.2. The molecule has 0 unspecified atom stereocenters. The molecular formula is C13H9NO4S. The Morgan fingerprint density at radius 3 is 2.84 bits per heavy atom. The van der Waals surface area contributed by atoms with E-state index in [0.29, 0.717) is 22.3 Å². The SMILES string of the molecule is Nc1scc(-c2cc3cccc(O)c3o2)c1C(=O)O. The normalized spacial score (nSPS) is 10.9. The fourth-order valence-corrected chi connectivity index (χ4v) is 2.75. The molecule has 0 saturated carbocycles. The Hall–Kier alpha value is -2.47. The third kappa shape index (κ3) is 1.73. The molecule has 0 aliphatic rings. The van der Waals surface area contributed by atoms with Crippen LogP contribution in [0.3, 0.4) is 0 Å². The fourth-order valence-electron chi connectivity index (χ4n) is 1.96. The van der Waals surface area contributed by atoms with Gasteiger partial charge in [-0.15, -0.1) is 11.3 Å². The molecule has 0 aliphatic heterocycles. The van der Waals surface area contributed by atoms with Gasteiger partial charge in [0.25, 0.3) is 0 Å². The molecule has 0 fully saturated rings. The standard InChI is InChI=1S/C13H9NO4S/c14-12-10(13(16)17)7(5-19-12)9-4-6-2-1-3-8(15)11(6)18-9/h1-5,15H,14H2,(H,16,17). The van der Waals surface area contributed by atoms with Crippen molar-refractivity contribution in [3.8, 4) is 17.1 Å². The number of thiophene rings is 1. The van der Waals surface area contributed by atoms with Crippen LogP contribution in [0, 0.1) is 0 Å². The highest BCUT2D eigenvalue weighted by Crippen LogP contribution is 2.38. The molecule has 2 aromatic heterocycles. The number of phenolic OH excluding ortho intramolecular Hbond substituents is 1. The molecule has 0 radical (unpaired) electrons. The van der Waals surface area contributed by atoms with Crippen LogP contribution < -0.4 is 5.73 Å². The summed E-state index contributed by atoms with van der Waals surface area (Å²) in [6.07, 6.45) is 0. The number of nitrogen functional groups attached to an aromatic ring is 1. The number of fused-ring (bicyclic) bond motifs is 1. The maximum absolute atomic E-state index is 11.2. The van der Waals surface area contributed by atoms with Crippen LogP contribution in [0.4, 0.5) is 5.00 Å². The second kappa shape index (κ2) is 4.03. The zero-order valence-corrected chi connectivity index (χ0v) is 10.4. The van der Waals surface area contributed by atoms with E-state index in [1.807, 2.05) is 0 Å². The molecule has 2 heterocycles. The molecule has 6 heteroatoms. The molecule has 4 N–H and O–H groups in total. The molecule has 1 aromatic carbocycles. The third-order valence-corrected chi connectivity index (χ3v) is 3.63. The van der Waals surface area contributed by atoms with Gasteiger partial charge in [-0.2, -0.15) is 0 Å². The van der Waals surface area contributed by atoms with Gasteiger partial charge >= 0.3 is 5.97 Å². The molecule has 0 saturated heterocycles. The minimum atomic E-state index is -1.10. The highest BCUT2D eigenvalue weighted by molar-refractivity contribution is 7.14. The van der Waals surface area contributed by atoms with Gasteiger partial charge in [0.1, 0.15) is 16.3 Å². The topological polar surface area (TPSA) is 96.7 Å². The maximum atomic E-state index is 11.2. The number of benzene rings is 1. The van der Waals surface area contributed by atoms with E-state index < -0.39 is 5.97 Å². The van der Waals surface area contributed by atoms with Gasteiger partial charge < -0.3 is 20.4 Å². The minimum absolute atomic E-state index is 0.0174. The van der Waals surface area contributed by atoms with Crippen molar-refractivity contribution in [2.24, 2.45) is 0 Å². The van der Waals surface area contributed by atoms with Crippen LogP contribution in [-0.2, 0) is 0 Å². The number of aromatic hydroxyl groups is 1. The van der Waals surface area contributed by atoms with Crippen molar-refractivity contribution < 1.29 is 19.4 Å². The van der Waals surface area contributed by atoms with Gasteiger partial charge in [0.2, 0.25) is 0 Å². The van der Waals surface area contributed by atoms with E-state index in [9.17, 15) is 9.90 Å². The molecular weight excluding hydrogens is 266 g/mol. The second-order valence-electron chi connectivity index (χ2n) is 4.00. The number of aromatic carboxylic acids is 1. The first-order chi connectivity index (χ1) is 9.08. The number of anilines is 1. The summed E-state index contributed by atoms with van der Waals surface area (Å²) in [6.45, 7) is 0. The van der Waals surface area contributed by atoms with Crippen LogP contribution in [0.15, 0.2) is 34.1 Å². The molecule has 19 heavy (non-hydrogen) atoms. The van der Waals surface area contributed by atoms with E-state index in [0.717, 1.165) is 11.3 Å². The van der Waals surface area contributed by atoms with E-state index in [4.69, 9.17) is 15.3 Å². The number of carboxylic acid groups (broad SMARTS) is 1. The monoisotopic (exact) mass is 275 g/mol. The lowest BCUT2D eigenvalue weighted by molar-refractivity contribution is 0.0699. The largest absolute Gasteiger partial charge is 0.504 e. The summed E-state index contributed by atoms with van der Waals surface area (Å²) in [6, 6.07) is 6.66. The summed E-state index contributed by atoms with van der Waals surface area (Å²) in [5, 5.41) is 21.4. The lowest BCUT2D eigenvalue weighted by Gasteiger charge is -1.96. The van der Waals surface area contributed by atoms with Crippen molar-refractivity contribution >= 4 is 33.3 Å². The Balaban J connectivity index is 2.25. The Bertz CT molecular complexity index is 787. The summed E-state index contributed by atoms with van der Waals surface area (Å²) < 4.78 is 5.53. The number of nitrogens with two attached hydrogens (primary N) is 1.